The molecule has 0 saturated carbocycles. The highest BCUT2D eigenvalue weighted by Crippen LogP contribution is 2.37. The van der Waals surface area contributed by atoms with E-state index in [4.69, 9.17) is 4.74 Å². The third-order valence-electron chi connectivity index (χ3n) is 5.59. The average molecular weight is 386 g/mol. The summed E-state index contributed by atoms with van der Waals surface area (Å²) in [5, 5.41) is 11.4. The number of hydrogen-bond acceptors (Lipinski definition) is 3. The maximum Gasteiger partial charge on any atom is 0.119 e. The summed E-state index contributed by atoms with van der Waals surface area (Å²) in [7, 11) is 0. The second kappa shape index (κ2) is 7.36. The summed E-state index contributed by atoms with van der Waals surface area (Å²) < 4.78 is 8.00. The summed E-state index contributed by atoms with van der Waals surface area (Å²) >= 11 is 0. The molecule has 2 heterocycles. The molecule has 0 fully saturated rings. The Morgan fingerprint density at radius 3 is 2.17 bits per heavy atom. The molecule has 4 rings (SSSR count). The molecular formula is C25H27N3O. The Morgan fingerprint density at radius 2 is 1.52 bits per heavy atom. The Balaban J connectivity index is 1.99. The maximum atomic E-state index is 5.67. The molecule has 0 unspecified atom stereocenters. The van der Waals surface area contributed by atoms with Crippen molar-refractivity contribution in [3.8, 4) is 22.7 Å². The molecule has 2 aromatic heterocycles. The van der Waals surface area contributed by atoms with Gasteiger partial charge in [0, 0.05) is 33.4 Å². The Labute approximate surface area is 172 Å². The van der Waals surface area contributed by atoms with Gasteiger partial charge in [-0.1, -0.05) is 29.8 Å². The van der Waals surface area contributed by atoms with Crippen molar-refractivity contribution >= 4 is 10.8 Å². The van der Waals surface area contributed by atoms with Crippen LogP contribution in [0.2, 0.25) is 0 Å². The Hall–Kier alpha value is -3.14. The second-order valence-electron chi connectivity index (χ2n) is 7.64. The van der Waals surface area contributed by atoms with Gasteiger partial charge >= 0.3 is 0 Å². The zero-order valence-corrected chi connectivity index (χ0v) is 18.0. The van der Waals surface area contributed by atoms with Crippen LogP contribution in [-0.2, 0) is 0 Å². The molecule has 0 radical (unpaired) electrons. The molecule has 148 valence electrons. The molecule has 0 N–H and O–H groups in total. The number of rotatable bonds is 4. The summed E-state index contributed by atoms with van der Waals surface area (Å²) in [5.41, 5.74) is 8.93. The minimum absolute atomic E-state index is 0.667. The number of hydrogen-bond donors (Lipinski definition) is 0. The summed E-state index contributed by atoms with van der Waals surface area (Å²) in [6.45, 7) is 13.3. The van der Waals surface area contributed by atoms with E-state index in [-0.39, 0.29) is 0 Å². The molecule has 0 aliphatic heterocycles. The zero-order chi connectivity index (χ0) is 20.7. The van der Waals surface area contributed by atoms with E-state index in [1.807, 2.05) is 19.9 Å². The third-order valence-corrected chi connectivity index (χ3v) is 5.59. The minimum Gasteiger partial charge on any atom is -0.494 e. The van der Waals surface area contributed by atoms with Crippen LogP contribution in [0.25, 0.3) is 27.7 Å². The predicted octanol–water partition coefficient (Wildman–Crippen LogP) is 6.03. The molecular weight excluding hydrogens is 358 g/mol. The molecule has 0 amide bonds. The van der Waals surface area contributed by atoms with E-state index in [1.165, 1.54) is 33.3 Å². The lowest BCUT2D eigenvalue weighted by molar-refractivity contribution is 0.340. The largest absolute Gasteiger partial charge is 0.494 e. The fourth-order valence-corrected chi connectivity index (χ4v) is 4.20. The van der Waals surface area contributed by atoms with Crippen molar-refractivity contribution in [3.05, 3.63) is 70.7 Å². The first kappa shape index (κ1) is 19.2. The van der Waals surface area contributed by atoms with Crippen molar-refractivity contribution < 1.29 is 4.74 Å². The van der Waals surface area contributed by atoms with E-state index < -0.39 is 0 Å². The van der Waals surface area contributed by atoms with E-state index in [1.54, 1.807) is 0 Å². The number of fused-ring (bicyclic) bond motifs is 1. The van der Waals surface area contributed by atoms with E-state index in [9.17, 15) is 0 Å². The van der Waals surface area contributed by atoms with Crippen LogP contribution in [0.1, 0.15) is 35.1 Å². The van der Waals surface area contributed by atoms with Crippen LogP contribution < -0.4 is 4.74 Å². The molecule has 4 aromatic rings. The molecule has 0 atom stereocenters. The standard InChI is InChI=1S/C25H27N3O/c1-7-29-21-12-13-22(16(3)14-21)28-18(5)23-17(4)26-27-25(24(23)19(28)6)20-10-8-15(2)9-11-20/h8-14H,7H2,1-6H3. The van der Waals surface area contributed by atoms with Gasteiger partial charge in [0.15, 0.2) is 0 Å². The van der Waals surface area contributed by atoms with Gasteiger partial charge in [-0.15, -0.1) is 5.10 Å². The van der Waals surface area contributed by atoms with Crippen LogP contribution in [-0.4, -0.2) is 21.4 Å². The van der Waals surface area contributed by atoms with Crippen molar-refractivity contribution in [2.75, 3.05) is 6.61 Å². The lowest BCUT2D eigenvalue weighted by Gasteiger charge is -2.14. The van der Waals surface area contributed by atoms with Crippen LogP contribution in [0, 0.1) is 34.6 Å². The normalized spacial score (nSPS) is 11.2. The Morgan fingerprint density at radius 1 is 0.828 bits per heavy atom. The number of nitrogens with zero attached hydrogens (tertiary/aromatic N) is 3. The fourth-order valence-electron chi connectivity index (χ4n) is 4.20. The highest BCUT2D eigenvalue weighted by atomic mass is 16.5. The molecule has 0 aliphatic carbocycles. The van der Waals surface area contributed by atoms with Crippen molar-refractivity contribution in [1.29, 1.82) is 0 Å². The van der Waals surface area contributed by atoms with Crippen molar-refractivity contribution in [3.63, 3.8) is 0 Å². The first-order valence-corrected chi connectivity index (χ1v) is 10.1. The molecule has 2 aromatic carbocycles. The molecule has 29 heavy (non-hydrogen) atoms. The molecule has 4 heteroatoms. The summed E-state index contributed by atoms with van der Waals surface area (Å²) in [4.78, 5) is 0. The van der Waals surface area contributed by atoms with E-state index >= 15 is 0 Å². The van der Waals surface area contributed by atoms with Gasteiger partial charge in [0.1, 0.15) is 11.4 Å². The van der Waals surface area contributed by atoms with Gasteiger partial charge in [-0.3, -0.25) is 0 Å². The number of ether oxygens (including phenoxy) is 1. The van der Waals surface area contributed by atoms with E-state index in [2.05, 4.69) is 78.9 Å². The van der Waals surface area contributed by atoms with Crippen molar-refractivity contribution in [1.82, 2.24) is 14.8 Å². The van der Waals surface area contributed by atoms with Crippen LogP contribution in [0.3, 0.4) is 0 Å². The smallest absolute Gasteiger partial charge is 0.119 e. The topological polar surface area (TPSA) is 39.9 Å². The first-order chi connectivity index (χ1) is 13.9. The average Bonchev–Trinajstić information content (AvgIpc) is 2.95. The van der Waals surface area contributed by atoms with Gasteiger partial charge in [-0.2, -0.15) is 5.10 Å². The van der Waals surface area contributed by atoms with E-state index in [0.717, 1.165) is 28.4 Å². The van der Waals surface area contributed by atoms with Gasteiger partial charge in [0.25, 0.3) is 0 Å². The van der Waals surface area contributed by atoms with Crippen LogP contribution >= 0.6 is 0 Å². The lowest BCUT2D eigenvalue weighted by Crippen LogP contribution is -2.02. The molecule has 4 nitrogen and oxygen atoms in total. The second-order valence-corrected chi connectivity index (χ2v) is 7.64. The SMILES string of the molecule is CCOc1ccc(-n2c(C)c3c(C)nnc(-c4ccc(C)cc4)c3c2C)c(C)c1. The van der Waals surface area contributed by atoms with Crippen LogP contribution in [0.15, 0.2) is 42.5 Å². The highest BCUT2D eigenvalue weighted by Gasteiger charge is 2.21. The molecule has 0 aliphatic rings. The maximum absolute atomic E-state index is 5.67. The van der Waals surface area contributed by atoms with Gasteiger partial charge in [-0.25, -0.2) is 0 Å². The van der Waals surface area contributed by atoms with Gasteiger partial charge in [-0.05, 0) is 65.3 Å². The van der Waals surface area contributed by atoms with Crippen molar-refractivity contribution in [2.45, 2.75) is 41.5 Å². The minimum atomic E-state index is 0.667. The Bertz CT molecular complexity index is 1200. The fraction of sp³-hybridized carbons (Fsp3) is 0.280. The predicted molar refractivity (Wildman–Crippen MR) is 119 cm³/mol. The summed E-state index contributed by atoms with van der Waals surface area (Å²) in [6, 6.07) is 14.8. The first-order valence-electron chi connectivity index (χ1n) is 10.1. The van der Waals surface area contributed by atoms with Gasteiger partial charge < -0.3 is 9.30 Å². The zero-order valence-electron chi connectivity index (χ0n) is 18.0. The quantitative estimate of drug-likeness (QED) is 0.431. The van der Waals surface area contributed by atoms with Crippen LogP contribution in [0.5, 0.6) is 5.75 Å². The molecule has 0 saturated heterocycles. The van der Waals surface area contributed by atoms with Gasteiger partial charge in [0.05, 0.1) is 12.3 Å². The summed E-state index contributed by atoms with van der Waals surface area (Å²) in [6.07, 6.45) is 0. The van der Waals surface area contributed by atoms with Crippen LogP contribution in [0.4, 0.5) is 0 Å². The summed E-state index contributed by atoms with van der Waals surface area (Å²) in [5.74, 6) is 0.903. The molecule has 0 spiro atoms. The Kier molecular flexibility index (Phi) is 4.87. The number of aryl methyl sites for hydroxylation is 5. The number of aromatic nitrogens is 3. The van der Waals surface area contributed by atoms with Crippen molar-refractivity contribution in [2.24, 2.45) is 0 Å². The number of benzene rings is 2. The highest BCUT2D eigenvalue weighted by molar-refractivity contribution is 6.00. The molecule has 0 bridgehead atoms. The van der Waals surface area contributed by atoms with E-state index in [0.29, 0.717) is 6.61 Å². The third kappa shape index (κ3) is 3.19. The van der Waals surface area contributed by atoms with Gasteiger partial charge in [0.2, 0.25) is 0 Å². The monoisotopic (exact) mass is 385 g/mol. The lowest BCUT2D eigenvalue weighted by atomic mass is 10.0.